The highest BCUT2D eigenvalue weighted by molar-refractivity contribution is 7.80. The maximum atomic E-state index is 12.8. The molecule has 1 amide bonds. The number of fused-ring (bicyclic) bond motifs is 3. The molecule has 0 atom stereocenters. The second kappa shape index (κ2) is 10.4. The quantitative estimate of drug-likeness (QED) is 0.249. The summed E-state index contributed by atoms with van der Waals surface area (Å²) in [6, 6.07) is 26.9. The summed E-state index contributed by atoms with van der Waals surface area (Å²) in [7, 11) is 1.53. The number of benzene rings is 4. The fourth-order valence-electron chi connectivity index (χ4n) is 4.23. The molecule has 1 aliphatic rings. The second-order valence-corrected chi connectivity index (χ2v) is 9.24. The molecule has 0 aliphatic heterocycles. The highest BCUT2D eigenvalue weighted by Crippen LogP contribution is 2.37. The van der Waals surface area contributed by atoms with Gasteiger partial charge >= 0.3 is 0 Å². The summed E-state index contributed by atoms with van der Waals surface area (Å²) in [6.45, 7) is 0.346. The second-order valence-electron chi connectivity index (χ2n) is 8.39. The van der Waals surface area contributed by atoms with Crippen molar-refractivity contribution in [2.45, 2.75) is 13.0 Å². The van der Waals surface area contributed by atoms with E-state index in [9.17, 15) is 4.79 Å². The van der Waals surface area contributed by atoms with Gasteiger partial charge in [-0.15, -0.1) is 0 Å². The summed E-state index contributed by atoms with van der Waals surface area (Å²) in [4.78, 5) is 12.8. The van der Waals surface area contributed by atoms with E-state index in [2.05, 4.69) is 47.0 Å². The zero-order valence-electron chi connectivity index (χ0n) is 19.5. The molecule has 1 aliphatic carbocycles. The third kappa shape index (κ3) is 5.20. The van der Waals surface area contributed by atoms with E-state index in [1.165, 1.54) is 29.4 Å². The standard InChI is InChI=1S/C29H23ClN2O3S/c1-34-27-16-20(8-13-26(27)35-17-18-6-9-22(30)10-7-18)28(33)32-29(36)31-23-11-12-25-21(15-23)14-19-4-2-3-5-24(19)25/h2-13,15-16H,14,17H2,1H3,(H2,31,32,33,36). The molecule has 0 spiro atoms. The van der Waals surface area contributed by atoms with Crippen LogP contribution in [0.25, 0.3) is 11.1 Å². The van der Waals surface area contributed by atoms with Gasteiger partial charge in [0.15, 0.2) is 16.6 Å². The normalized spacial score (nSPS) is 11.3. The van der Waals surface area contributed by atoms with Gasteiger partial charge in [-0.25, -0.2) is 0 Å². The van der Waals surface area contributed by atoms with Crippen LogP contribution in [0, 0.1) is 0 Å². The van der Waals surface area contributed by atoms with Crippen molar-refractivity contribution in [3.8, 4) is 22.6 Å². The van der Waals surface area contributed by atoms with E-state index >= 15 is 0 Å². The van der Waals surface area contributed by atoms with Crippen molar-refractivity contribution >= 4 is 40.5 Å². The zero-order valence-corrected chi connectivity index (χ0v) is 21.1. The number of carbonyl (C=O) groups excluding carboxylic acids is 1. The minimum Gasteiger partial charge on any atom is -0.493 e. The van der Waals surface area contributed by atoms with Gasteiger partial charge in [0.2, 0.25) is 0 Å². The van der Waals surface area contributed by atoms with Crippen LogP contribution in [0.2, 0.25) is 5.02 Å². The van der Waals surface area contributed by atoms with E-state index in [1.54, 1.807) is 18.2 Å². The van der Waals surface area contributed by atoms with Crippen molar-refractivity contribution in [3.05, 3.63) is 112 Å². The van der Waals surface area contributed by atoms with Crippen LogP contribution >= 0.6 is 23.8 Å². The van der Waals surface area contributed by atoms with Gasteiger partial charge < -0.3 is 14.8 Å². The van der Waals surface area contributed by atoms with Crippen molar-refractivity contribution in [1.29, 1.82) is 0 Å². The Labute approximate surface area is 220 Å². The van der Waals surface area contributed by atoms with Crippen molar-refractivity contribution in [2.24, 2.45) is 0 Å². The van der Waals surface area contributed by atoms with E-state index in [1.807, 2.05) is 30.3 Å². The average molecular weight is 515 g/mol. The molecule has 7 heteroatoms. The first-order valence-corrected chi connectivity index (χ1v) is 12.2. The average Bonchev–Trinajstić information content (AvgIpc) is 3.26. The maximum Gasteiger partial charge on any atom is 0.257 e. The van der Waals surface area contributed by atoms with E-state index < -0.39 is 0 Å². The maximum absolute atomic E-state index is 12.8. The van der Waals surface area contributed by atoms with Crippen LogP contribution in [0.3, 0.4) is 0 Å². The Morgan fingerprint density at radius 2 is 1.69 bits per heavy atom. The van der Waals surface area contributed by atoms with E-state index in [-0.39, 0.29) is 11.0 Å². The molecule has 0 aromatic heterocycles. The Morgan fingerprint density at radius 3 is 2.50 bits per heavy atom. The largest absolute Gasteiger partial charge is 0.493 e. The first-order chi connectivity index (χ1) is 17.5. The number of hydrogen-bond donors (Lipinski definition) is 2. The highest BCUT2D eigenvalue weighted by atomic mass is 35.5. The van der Waals surface area contributed by atoms with Crippen LogP contribution in [0.1, 0.15) is 27.0 Å². The molecule has 5 nitrogen and oxygen atoms in total. The number of amides is 1. The molecule has 2 N–H and O–H groups in total. The monoisotopic (exact) mass is 514 g/mol. The summed E-state index contributed by atoms with van der Waals surface area (Å²) in [5.41, 5.74) is 7.25. The third-order valence-electron chi connectivity index (χ3n) is 6.01. The molecular formula is C29H23ClN2O3S. The fourth-order valence-corrected chi connectivity index (χ4v) is 4.57. The zero-order chi connectivity index (χ0) is 25.1. The van der Waals surface area contributed by atoms with Crippen LogP contribution in [0.15, 0.2) is 84.9 Å². The summed E-state index contributed by atoms with van der Waals surface area (Å²) in [5, 5.41) is 6.74. The lowest BCUT2D eigenvalue weighted by molar-refractivity contribution is 0.0977. The topological polar surface area (TPSA) is 59.6 Å². The Morgan fingerprint density at radius 1 is 0.917 bits per heavy atom. The number of hydrogen-bond acceptors (Lipinski definition) is 4. The van der Waals surface area contributed by atoms with E-state index in [4.69, 9.17) is 33.3 Å². The molecular weight excluding hydrogens is 492 g/mol. The van der Waals surface area contributed by atoms with Gasteiger partial charge in [-0.05, 0) is 88.9 Å². The number of nitrogens with one attached hydrogen (secondary N) is 2. The summed E-state index contributed by atoms with van der Waals surface area (Å²) < 4.78 is 11.3. The van der Waals surface area contributed by atoms with Gasteiger partial charge in [-0.1, -0.05) is 54.1 Å². The van der Waals surface area contributed by atoms with Crippen molar-refractivity contribution in [3.63, 3.8) is 0 Å². The number of thiocarbonyl (C=S) groups is 1. The molecule has 0 saturated heterocycles. The molecule has 0 fully saturated rings. The van der Waals surface area contributed by atoms with Gasteiger partial charge in [-0.2, -0.15) is 0 Å². The minimum atomic E-state index is -0.344. The Kier molecular flexibility index (Phi) is 6.89. The molecule has 0 radical (unpaired) electrons. The lowest BCUT2D eigenvalue weighted by Crippen LogP contribution is -2.34. The minimum absolute atomic E-state index is 0.220. The molecule has 4 aromatic carbocycles. The molecule has 180 valence electrons. The van der Waals surface area contributed by atoms with E-state index in [0.717, 1.165) is 17.7 Å². The number of halogens is 1. The van der Waals surface area contributed by atoms with Crippen LogP contribution in [-0.4, -0.2) is 18.1 Å². The molecule has 0 bridgehead atoms. The number of anilines is 1. The first kappa shape index (κ1) is 23.9. The van der Waals surface area contributed by atoms with Gasteiger partial charge in [0.05, 0.1) is 7.11 Å². The lowest BCUT2D eigenvalue weighted by Gasteiger charge is -2.14. The Hall–Kier alpha value is -3.87. The number of carbonyl (C=O) groups is 1. The number of methoxy groups -OCH3 is 1. The van der Waals surface area contributed by atoms with Crippen molar-refractivity contribution in [2.75, 3.05) is 12.4 Å². The molecule has 0 saturated carbocycles. The van der Waals surface area contributed by atoms with Crippen LogP contribution < -0.4 is 20.1 Å². The van der Waals surface area contributed by atoms with E-state index in [0.29, 0.717) is 28.7 Å². The van der Waals surface area contributed by atoms with Crippen LogP contribution in [-0.2, 0) is 13.0 Å². The fraction of sp³-hybridized carbons (Fsp3) is 0.103. The third-order valence-corrected chi connectivity index (χ3v) is 6.47. The van der Waals surface area contributed by atoms with Crippen molar-refractivity contribution in [1.82, 2.24) is 5.32 Å². The van der Waals surface area contributed by atoms with Crippen molar-refractivity contribution < 1.29 is 14.3 Å². The number of rotatable bonds is 6. The molecule has 5 rings (SSSR count). The number of ether oxygens (including phenoxy) is 2. The summed E-state index contributed by atoms with van der Waals surface area (Å²) in [6.07, 6.45) is 0.881. The van der Waals surface area contributed by atoms with Crippen LogP contribution in [0.4, 0.5) is 5.69 Å². The predicted octanol–water partition coefficient (Wildman–Crippen LogP) is 6.63. The SMILES string of the molecule is COc1cc(C(=O)NC(=S)Nc2ccc3c(c2)Cc2ccccc2-3)ccc1OCc1ccc(Cl)cc1. The van der Waals surface area contributed by atoms with Crippen LogP contribution in [0.5, 0.6) is 11.5 Å². The Balaban J connectivity index is 1.21. The summed E-state index contributed by atoms with van der Waals surface area (Å²) >= 11 is 11.3. The first-order valence-electron chi connectivity index (χ1n) is 11.4. The molecule has 4 aromatic rings. The molecule has 0 unspecified atom stereocenters. The van der Waals surface area contributed by atoms with Gasteiger partial charge in [0.25, 0.3) is 5.91 Å². The lowest BCUT2D eigenvalue weighted by atomic mass is 10.1. The van der Waals surface area contributed by atoms with Gasteiger partial charge in [0, 0.05) is 16.3 Å². The smallest absolute Gasteiger partial charge is 0.257 e. The highest BCUT2D eigenvalue weighted by Gasteiger charge is 2.18. The summed E-state index contributed by atoms with van der Waals surface area (Å²) in [5.74, 6) is 0.640. The molecule has 0 heterocycles. The molecule has 36 heavy (non-hydrogen) atoms. The van der Waals surface area contributed by atoms with Gasteiger partial charge in [-0.3, -0.25) is 10.1 Å². The van der Waals surface area contributed by atoms with Gasteiger partial charge in [0.1, 0.15) is 6.61 Å². The predicted molar refractivity (Wildman–Crippen MR) is 147 cm³/mol. The Bertz CT molecular complexity index is 1450.